The Bertz CT molecular complexity index is 984. The Morgan fingerprint density at radius 2 is 1.81 bits per heavy atom. The van der Waals surface area contributed by atoms with E-state index in [9.17, 15) is 23.9 Å². The average molecular weight is 451 g/mol. The molecule has 3 amide bonds. The maximum Gasteiger partial charge on any atom is 0.314 e. The van der Waals surface area contributed by atoms with Crippen LogP contribution < -0.4 is 11.1 Å². The summed E-state index contributed by atoms with van der Waals surface area (Å²) in [7, 11) is 0. The van der Waals surface area contributed by atoms with E-state index in [1.54, 1.807) is 4.90 Å². The number of halogens is 2. The topological polar surface area (TPSA) is 126 Å². The van der Waals surface area contributed by atoms with Crippen molar-refractivity contribution in [3.63, 3.8) is 0 Å². The smallest absolute Gasteiger partial charge is 0.314 e. The molecule has 2 aromatic rings. The molecule has 10 heteroatoms. The largest absolute Gasteiger partial charge is 0.505 e. The van der Waals surface area contributed by atoms with Crippen LogP contribution in [0.2, 0.25) is 0 Å². The molecule has 2 heterocycles. The van der Waals surface area contributed by atoms with E-state index in [0.29, 0.717) is 25.1 Å². The lowest BCUT2D eigenvalue weighted by Crippen LogP contribution is -2.38. The number of ketones is 1. The molecule has 0 spiro atoms. The molecule has 1 aliphatic heterocycles. The van der Waals surface area contributed by atoms with Gasteiger partial charge in [0.25, 0.3) is 5.91 Å². The lowest BCUT2D eigenvalue weighted by atomic mass is 10.0. The molecule has 1 saturated heterocycles. The molecule has 0 aliphatic carbocycles. The fourth-order valence-corrected chi connectivity index (χ4v) is 3.44. The normalized spacial score (nSPS) is 16.1. The van der Waals surface area contributed by atoms with Crippen LogP contribution in [0.25, 0.3) is 0 Å². The minimum atomic E-state index is -0.875. The lowest BCUT2D eigenvalue weighted by molar-refractivity contribution is 0.0932. The second-order valence-electron chi connectivity index (χ2n) is 7.25. The molecule has 31 heavy (non-hydrogen) atoms. The average Bonchev–Trinajstić information content (AvgIpc) is 2.97. The molecule has 3 rings (SSSR count). The number of aryl methyl sites for hydroxylation is 1. The predicted molar refractivity (Wildman–Crippen MR) is 114 cm³/mol. The number of urea groups is 1. The number of aromatic nitrogens is 1. The molecule has 1 atom stereocenters. The Labute approximate surface area is 185 Å². The van der Waals surface area contributed by atoms with Gasteiger partial charge < -0.3 is 21.1 Å². The maximum absolute atomic E-state index is 14.2. The third-order valence-corrected chi connectivity index (χ3v) is 5.19. The van der Waals surface area contributed by atoms with Gasteiger partial charge in [-0.3, -0.25) is 14.6 Å². The van der Waals surface area contributed by atoms with Crippen LogP contribution >= 0.6 is 12.4 Å². The maximum atomic E-state index is 14.2. The van der Waals surface area contributed by atoms with Gasteiger partial charge >= 0.3 is 6.03 Å². The molecule has 1 aromatic heterocycles. The van der Waals surface area contributed by atoms with Gasteiger partial charge in [0, 0.05) is 30.3 Å². The Balaban J connectivity index is 0.00000341. The molecule has 1 aromatic carbocycles. The fraction of sp³-hybridized carbons (Fsp3) is 0.333. The van der Waals surface area contributed by atoms with Crippen molar-refractivity contribution in [2.75, 3.05) is 13.1 Å². The van der Waals surface area contributed by atoms with Crippen LogP contribution in [0, 0.1) is 12.7 Å². The van der Waals surface area contributed by atoms with Crippen LogP contribution in [0.5, 0.6) is 5.75 Å². The van der Waals surface area contributed by atoms with Crippen molar-refractivity contribution in [2.24, 2.45) is 5.73 Å². The van der Waals surface area contributed by atoms with E-state index >= 15 is 0 Å². The standard InChI is InChI=1S/C21H23FN4O4.ClH/c1-12-18(22)17(16(27)11-24-12)19(28)13-4-6-14(7-5-13)20(29)25-15-3-2-9-26(10-8-15)21(23)30;/h4-7,11,15,27H,2-3,8-10H2,1H3,(H2,23,30)(H,25,29);1H/t15-;/m0./s1. The van der Waals surface area contributed by atoms with Crippen molar-refractivity contribution in [1.29, 1.82) is 0 Å². The number of amides is 3. The molecular formula is C21H24ClFN4O4. The molecule has 1 aliphatic rings. The van der Waals surface area contributed by atoms with E-state index < -0.39 is 28.9 Å². The summed E-state index contributed by atoms with van der Waals surface area (Å²) in [6.07, 6.45) is 3.10. The quantitative estimate of drug-likeness (QED) is 0.617. The van der Waals surface area contributed by atoms with Gasteiger partial charge in [-0.2, -0.15) is 0 Å². The number of hydrogen-bond acceptors (Lipinski definition) is 5. The molecular weight excluding hydrogens is 427 g/mol. The number of likely N-dealkylation sites (tertiary alicyclic amines) is 1. The van der Waals surface area contributed by atoms with Gasteiger partial charge in [0.1, 0.15) is 11.3 Å². The number of nitrogens with zero attached hydrogens (tertiary/aromatic N) is 2. The molecule has 1 fully saturated rings. The lowest BCUT2D eigenvalue weighted by Gasteiger charge is -2.18. The van der Waals surface area contributed by atoms with E-state index in [4.69, 9.17) is 5.73 Å². The van der Waals surface area contributed by atoms with Gasteiger partial charge in [0.05, 0.1) is 11.9 Å². The number of rotatable bonds is 4. The van der Waals surface area contributed by atoms with Gasteiger partial charge in [-0.15, -0.1) is 12.4 Å². The molecule has 0 saturated carbocycles. The summed E-state index contributed by atoms with van der Waals surface area (Å²) in [5.74, 6) is -2.42. The zero-order valence-corrected chi connectivity index (χ0v) is 17.7. The monoisotopic (exact) mass is 450 g/mol. The molecule has 166 valence electrons. The number of carbonyl (C=O) groups excluding carboxylic acids is 3. The number of pyridine rings is 1. The molecule has 0 radical (unpaired) electrons. The highest BCUT2D eigenvalue weighted by atomic mass is 35.5. The first-order valence-electron chi connectivity index (χ1n) is 9.62. The van der Waals surface area contributed by atoms with E-state index in [1.807, 2.05) is 0 Å². The molecule has 0 unspecified atom stereocenters. The van der Waals surface area contributed by atoms with Crippen LogP contribution in [0.1, 0.15) is 51.2 Å². The number of hydrogen-bond donors (Lipinski definition) is 3. The molecule has 0 bridgehead atoms. The highest BCUT2D eigenvalue weighted by Crippen LogP contribution is 2.24. The number of primary amides is 1. The molecule has 4 N–H and O–H groups in total. The second kappa shape index (κ2) is 10.2. The number of nitrogens with one attached hydrogen (secondary N) is 1. The van der Waals surface area contributed by atoms with Crippen molar-refractivity contribution < 1.29 is 23.9 Å². The Morgan fingerprint density at radius 1 is 1.16 bits per heavy atom. The van der Waals surface area contributed by atoms with Crippen molar-refractivity contribution >= 4 is 30.1 Å². The van der Waals surface area contributed by atoms with Crippen molar-refractivity contribution in [3.05, 3.63) is 58.7 Å². The van der Waals surface area contributed by atoms with Crippen molar-refractivity contribution in [2.45, 2.75) is 32.2 Å². The van der Waals surface area contributed by atoms with E-state index in [0.717, 1.165) is 19.0 Å². The van der Waals surface area contributed by atoms with Crippen LogP contribution in [0.3, 0.4) is 0 Å². The molecule has 8 nitrogen and oxygen atoms in total. The first kappa shape index (κ1) is 24.1. The van der Waals surface area contributed by atoms with Gasteiger partial charge in [-0.1, -0.05) is 12.1 Å². The van der Waals surface area contributed by atoms with E-state index in [-0.39, 0.29) is 35.6 Å². The minimum Gasteiger partial charge on any atom is -0.505 e. The van der Waals surface area contributed by atoms with Crippen molar-refractivity contribution in [3.8, 4) is 5.75 Å². The fourth-order valence-electron chi connectivity index (χ4n) is 3.44. The summed E-state index contributed by atoms with van der Waals surface area (Å²) in [6.45, 7) is 2.44. The van der Waals surface area contributed by atoms with Gasteiger partial charge in [0.2, 0.25) is 0 Å². The second-order valence-corrected chi connectivity index (χ2v) is 7.25. The highest BCUT2D eigenvalue weighted by molar-refractivity contribution is 6.11. The number of aromatic hydroxyl groups is 1. The zero-order valence-electron chi connectivity index (χ0n) is 16.9. The third kappa shape index (κ3) is 5.49. The minimum absolute atomic E-state index is 0. The van der Waals surface area contributed by atoms with Crippen LogP contribution in [0.15, 0.2) is 30.5 Å². The summed E-state index contributed by atoms with van der Waals surface area (Å²) >= 11 is 0. The Hall–Kier alpha value is -3.20. The number of carbonyl (C=O) groups is 3. The van der Waals surface area contributed by atoms with Crippen LogP contribution in [-0.4, -0.2) is 51.8 Å². The van der Waals surface area contributed by atoms with Crippen molar-refractivity contribution in [1.82, 2.24) is 15.2 Å². The third-order valence-electron chi connectivity index (χ3n) is 5.19. The van der Waals surface area contributed by atoms with Crippen LogP contribution in [-0.2, 0) is 0 Å². The van der Waals surface area contributed by atoms with Gasteiger partial charge in [-0.05, 0) is 38.3 Å². The first-order valence-corrected chi connectivity index (χ1v) is 9.62. The number of nitrogens with two attached hydrogens (primary N) is 1. The summed E-state index contributed by atoms with van der Waals surface area (Å²) < 4.78 is 14.2. The summed E-state index contributed by atoms with van der Waals surface area (Å²) in [4.78, 5) is 41.7. The van der Waals surface area contributed by atoms with E-state index in [2.05, 4.69) is 10.3 Å². The van der Waals surface area contributed by atoms with Gasteiger partial charge in [0.15, 0.2) is 11.6 Å². The zero-order chi connectivity index (χ0) is 21.8. The summed E-state index contributed by atoms with van der Waals surface area (Å²) in [6, 6.07) is 5.21. The first-order chi connectivity index (χ1) is 14.3. The van der Waals surface area contributed by atoms with E-state index in [1.165, 1.54) is 31.2 Å². The highest BCUT2D eigenvalue weighted by Gasteiger charge is 2.23. The Kier molecular flexibility index (Phi) is 7.93. The predicted octanol–water partition coefficient (Wildman–Crippen LogP) is 2.55. The van der Waals surface area contributed by atoms with Gasteiger partial charge in [-0.25, -0.2) is 9.18 Å². The Morgan fingerprint density at radius 3 is 2.45 bits per heavy atom. The summed E-state index contributed by atoms with van der Waals surface area (Å²) in [5.41, 5.74) is 5.35. The SMILES string of the molecule is Cc1ncc(O)c(C(=O)c2ccc(C(=O)N[C@H]3CCCN(C(N)=O)CC3)cc2)c1F.Cl. The summed E-state index contributed by atoms with van der Waals surface area (Å²) in [5, 5.41) is 12.8. The van der Waals surface area contributed by atoms with Crippen LogP contribution in [0.4, 0.5) is 9.18 Å². The number of benzene rings is 1.